The summed E-state index contributed by atoms with van der Waals surface area (Å²) < 4.78 is 0. The summed E-state index contributed by atoms with van der Waals surface area (Å²) in [6, 6.07) is 8.32. The smallest absolute Gasteiger partial charge is 0.176 e. The van der Waals surface area contributed by atoms with Gasteiger partial charge in [0.25, 0.3) is 0 Å². The molecule has 0 fully saturated rings. The quantitative estimate of drug-likeness (QED) is 0.656. The van der Waals surface area contributed by atoms with Crippen LogP contribution in [0.1, 0.15) is 28.2 Å². The van der Waals surface area contributed by atoms with Crippen molar-refractivity contribution in [1.82, 2.24) is 4.90 Å². The maximum Gasteiger partial charge on any atom is 0.176 e. The van der Waals surface area contributed by atoms with Gasteiger partial charge in [-0.15, -0.1) is 11.3 Å². The molecule has 0 saturated carbocycles. The van der Waals surface area contributed by atoms with Crippen LogP contribution in [0.4, 0.5) is 0 Å². The summed E-state index contributed by atoms with van der Waals surface area (Å²) in [6.07, 6.45) is 0. The highest BCUT2D eigenvalue weighted by molar-refractivity contribution is 7.10. The topological polar surface area (TPSA) is 60.8 Å². The summed E-state index contributed by atoms with van der Waals surface area (Å²) in [4.78, 5) is 15.3. The second-order valence-corrected chi connectivity index (χ2v) is 5.71. The third-order valence-corrected chi connectivity index (χ3v) is 4.35. The summed E-state index contributed by atoms with van der Waals surface area (Å²) in [5, 5.41) is 20.7. The van der Waals surface area contributed by atoms with E-state index < -0.39 is 0 Å². The first kappa shape index (κ1) is 14.6. The molecule has 1 aromatic carbocycles. The number of benzene rings is 1. The summed E-state index contributed by atoms with van der Waals surface area (Å²) in [6.45, 7) is 2.30. The van der Waals surface area contributed by atoms with E-state index in [2.05, 4.69) is 0 Å². The second-order valence-electron chi connectivity index (χ2n) is 4.73. The zero-order chi connectivity index (χ0) is 14.7. The maximum atomic E-state index is 12.2. The number of nitrogens with zero attached hydrogens (tertiary/aromatic N) is 1. The van der Waals surface area contributed by atoms with E-state index in [9.17, 15) is 15.0 Å². The van der Waals surface area contributed by atoms with E-state index in [1.807, 2.05) is 36.4 Å². The molecular weight excluding hydrogens is 274 g/mol. The normalized spacial score (nSPS) is 12.6. The zero-order valence-electron chi connectivity index (χ0n) is 11.4. The molecule has 0 spiro atoms. The zero-order valence-corrected chi connectivity index (χ0v) is 12.2. The largest absolute Gasteiger partial charge is 0.504 e. The van der Waals surface area contributed by atoms with Crippen LogP contribution in [-0.4, -0.2) is 34.5 Å². The van der Waals surface area contributed by atoms with Crippen molar-refractivity contribution in [2.45, 2.75) is 13.0 Å². The van der Waals surface area contributed by atoms with Gasteiger partial charge in [0.15, 0.2) is 17.3 Å². The molecular formula is C15H17NO3S. The third kappa shape index (κ3) is 3.18. The van der Waals surface area contributed by atoms with Gasteiger partial charge in [0.2, 0.25) is 0 Å². The Morgan fingerprint density at radius 2 is 2.05 bits per heavy atom. The molecule has 0 radical (unpaired) electrons. The number of phenols is 2. The molecule has 20 heavy (non-hydrogen) atoms. The number of likely N-dealkylation sites (N-methyl/N-ethyl adjacent to an activating group) is 1. The number of carbonyl (C=O) groups excluding carboxylic acids is 1. The van der Waals surface area contributed by atoms with Crippen LogP contribution in [0.3, 0.4) is 0 Å². The Morgan fingerprint density at radius 3 is 2.65 bits per heavy atom. The van der Waals surface area contributed by atoms with Crippen LogP contribution in [0.2, 0.25) is 0 Å². The van der Waals surface area contributed by atoms with Gasteiger partial charge < -0.3 is 10.2 Å². The molecule has 0 amide bonds. The SMILES string of the molecule is CC(c1cccs1)N(C)CC(=O)c1ccc(O)c(O)c1. The monoisotopic (exact) mass is 291 g/mol. The Hall–Kier alpha value is -1.85. The lowest BCUT2D eigenvalue weighted by molar-refractivity contribution is 0.0925. The molecule has 1 unspecified atom stereocenters. The van der Waals surface area contributed by atoms with Crippen LogP contribution >= 0.6 is 11.3 Å². The number of thiophene rings is 1. The fraction of sp³-hybridized carbons (Fsp3) is 0.267. The van der Waals surface area contributed by atoms with E-state index in [1.165, 1.54) is 23.1 Å². The van der Waals surface area contributed by atoms with Crippen LogP contribution < -0.4 is 0 Å². The van der Waals surface area contributed by atoms with E-state index in [0.717, 1.165) is 0 Å². The molecule has 5 heteroatoms. The van der Waals surface area contributed by atoms with Crippen molar-refractivity contribution in [1.29, 1.82) is 0 Å². The Labute approximate surface area is 121 Å². The first-order chi connectivity index (χ1) is 9.49. The number of Topliss-reactive ketones (excluding diaryl/α,β-unsaturated/α-hetero) is 1. The molecule has 0 saturated heterocycles. The van der Waals surface area contributed by atoms with Gasteiger partial charge in [-0.3, -0.25) is 9.69 Å². The lowest BCUT2D eigenvalue weighted by atomic mass is 10.1. The van der Waals surface area contributed by atoms with Crippen LogP contribution in [0.15, 0.2) is 35.7 Å². The number of aromatic hydroxyl groups is 2. The predicted molar refractivity (Wildman–Crippen MR) is 79.5 cm³/mol. The Kier molecular flexibility index (Phi) is 4.42. The standard InChI is InChI=1S/C15H17NO3S/c1-10(15-4-3-7-20-15)16(2)9-14(19)11-5-6-12(17)13(18)8-11/h3-8,10,17-18H,9H2,1-2H3. The van der Waals surface area contributed by atoms with Gasteiger partial charge in [-0.05, 0) is 43.6 Å². The fourth-order valence-corrected chi connectivity index (χ4v) is 2.75. The average molecular weight is 291 g/mol. The molecule has 2 aromatic rings. The maximum absolute atomic E-state index is 12.2. The Bertz CT molecular complexity index is 595. The van der Waals surface area contributed by atoms with Crippen LogP contribution in [-0.2, 0) is 0 Å². The van der Waals surface area contributed by atoms with Crippen molar-refractivity contribution in [3.05, 3.63) is 46.2 Å². The van der Waals surface area contributed by atoms with Crippen molar-refractivity contribution in [2.75, 3.05) is 13.6 Å². The van der Waals surface area contributed by atoms with E-state index in [4.69, 9.17) is 0 Å². The number of ketones is 1. The second kappa shape index (κ2) is 6.07. The number of hydrogen-bond donors (Lipinski definition) is 2. The summed E-state index contributed by atoms with van der Waals surface area (Å²) in [7, 11) is 1.89. The van der Waals surface area contributed by atoms with E-state index in [-0.39, 0.29) is 29.9 Å². The minimum absolute atomic E-state index is 0.0915. The van der Waals surface area contributed by atoms with Gasteiger partial charge in [0, 0.05) is 16.5 Å². The number of hydrogen-bond acceptors (Lipinski definition) is 5. The third-order valence-electron chi connectivity index (χ3n) is 3.31. The van der Waals surface area contributed by atoms with Crippen molar-refractivity contribution < 1.29 is 15.0 Å². The van der Waals surface area contributed by atoms with E-state index >= 15 is 0 Å². The molecule has 1 heterocycles. The van der Waals surface area contributed by atoms with E-state index in [1.54, 1.807) is 11.3 Å². The predicted octanol–water partition coefficient (Wildman–Crippen LogP) is 3.04. The lowest BCUT2D eigenvalue weighted by Gasteiger charge is -2.23. The minimum atomic E-state index is -0.273. The highest BCUT2D eigenvalue weighted by atomic mass is 32.1. The van der Waals surface area contributed by atoms with Gasteiger partial charge >= 0.3 is 0 Å². The van der Waals surface area contributed by atoms with Gasteiger partial charge in [0.1, 0.15) is 0 Å². The minimum Gasteiger partial charge on any atom is -0.504 e. The van der Waals surface area contributed by atoms with Crippen molar-refractivity contribution >= 4 is 17.1 Å². The molecule has 1 aromatic heterocycles. The number of carbonyl (C=O) groups is 1. The van der Waals surface area contributed by atoms with Crippen molar-refractivity contribution in [2.24, 2.45) is 0 Å². The van der Waals surface area contributed by atoms with Gasteiger partial charge in [0.05, 0.1) is 6.54 Å². The van der Waals surface area contributed by atoms with E-state index in [0.29, 0.717) is 5.56 Å². The first-order valence-electron chi connectivity index (χ1n) is 6.28. The van der Waals surface area contributed by atoms with Crippen LogP contribution in [0.5, 0.6) is 11.5 Å². The highest BCUT2D eigenvalue weighted by Gasteiger charge is 2.17. The molecule has 2 N–H and O–H groups in total. The highest BCUT2D eigenvalue weighted by Crippen LogP contribution is 2.26. The van der Waals surface area contributed by atoms with Gasteiger partial charge in [-0.1, -0.05) is 6.07 Å². The molecule has 2 rings (SSSR count). The molecule has 4 nitrogen and oxygen atoms in total. The van der Waals surface area contributed by atoms with Crippen LogP contribution in [0.25, 0.3) is 0 Å². The molecule has 0 aliphatic carbocycles. The molecule has 0 aliphatic heterocycles. The average Bonchev–Trinajstić information content (AvgIpc) is 2.94. The molecule has 106 valence electrons. The van der Waals surface area contributed by atoms with Crippen molar-refractivity contribution in [3.63, 3.8) is 0 Å². The summed E-state index contributed by atoms with van der Waals surface area (Å²) >= 11 is 1.66. The van der Waals surface area contributed by atoms with Gasteiger partial charge in [-0.2, -0.15) is 0 Å². The first-order valence-corrected chi connectivity index (χ1v) is 7.16. The van der Waals surface area contributed by atoms with Crippen LogP contribution in [0, 0.1) is 0 Å². The summed E-state index contributed by atoms with van der Waals surface area (Å²) in [5.74, 6) is -0.585. The fourth-order valence-electron chi connectivity index (χ4n) is 1.90. The number of rotatable bonds is 5. The van der Waals surface area contributed by atoms with Crippen molar-refractivity contribution in [3.8, 4) is 11.5 Å². The lowest BCUT2D eigenvalue weighted by Crippen LogP contribution is -2.28. The Morgan fingerprint density at radius 1 is 1.30 bits per heavy atom. The Balaban J connectivity index is 2.05. The molecule has 0 aliphatic rings. The van der Waals surface area contributed by atoms with Gasteiger partial charge in [-0.25, -0.2) is 0 Å². The number of phenolic OH excluding ortho intramolecular Hbond substituents is 2. The summed E-state index contributed by atoms with van der Waals surface area (Å²) in [5.41, 5.74) is 0.394. The molecule has 1 atom stereocenters. The molecule has 0 bridgehead atoms.